The fourth-order valence-corrected chi connectivity index (χ4v) is 2.66. The van der Waals surface area contributed by atoms with Crippen LogP contribution in [0.3, 0.4) is 0 Å². The van der Waals surface area contributed by atoms with Crippen molar-refractivity contribution in [3.63, 3.8) is 0 Å². The molecule has 0 saturated carbocycles. The summed E-state index contributed by atoms with van der Waals surface area (Å²) in [5, 5.41) is 2.56. The third-order valence-corrected chi connectivity index (χ3v) is 3.99. The Labute approximate surface area is 151 Å². The van der Waals surface area contributed by atoms with Gasteiger partial charge in [0.25, 0.3) is 11.7 Å². The van der Waals surface area contributed by atoms with Gasteiger partial charge in [0.1, 0.15) is 0 Å². The predicted octanol–water partition coefficient (Wildman–Crippen LogP) is 3.56. The Morgan fingerprint density at radius 3 is 2.42 bits per heavy atom. The lowest BCUT2D eigenvalue weighted by molar-refractivity contribution is -0.112. The number of ketones is 2. The lowest BCUT2D eigenvalue weighted by Crippen LogP contribution is -2.25. The molecular weight excluding hydrogens is 328 g/mol. The highest BCUT2D eigenvalue weighted by Crippen LogP contribution is 2.13. The molecule has 2 aromatic carbocycles. The molecule has 1 aromatic heterocycles. The van der Waals surface area contributed by atoms with Gasteiger partial charge in [-0.25, -0.2) is 0 Å². The molecule has 26 heavy (non-hydrogen) atoms. The summed E-state index contributed by atoms with van der Waals surface area (Å²) < 4.78 is 1.74. The van der Waals surface area contributed by atoms with Gasteiger partial charge in [0.15, 0.2) is 5.78 Å². The monoisotopic (exact) mass is 346 g/mol. The number of amides is 1. The molecule has 0 aliphatic carbocycles. The van der Waals surface area contributed by atoms with Crippen LogP contribution in [0.15, 0.2) is 72.9 Å². The minimum absolute atomic E-state index is 0.107. The summed E-state index contributed by atoms with van der Waals surface area (Å²) in [6, 6.07) is 19.6. The van der Waals surface area contributed by atoms with Crippen LogP contribution in [0.1, 0.15) is 33.3 Å². The molecule has 0 saturated heterocycles. The zero-order valence-corrected chi connectivity index (χ0v) is 14.3. The normalized spacial score (nSPS) is 10.3. The van der Waals surface area contributed by atoms with Crippen molar-refractivity contribution in [2.45, 2.75) is 13.5 Å². The number of carbonyl (C=O) groups is 3. The second-order valence-corrected chi connectivity index (χ2v) is 5.93. The van der Waals surface area contributed by atoms with Crippen molar-refractivity contribution < 1.29 is 14.4 Å². The van der Waals surface area contributed by atoms with E-state index in [1.165, 1.54) is 6.92 Å². The van der Waals surface area contributed by atoms with Crippen LogP contribution in [-0.2, 0) is 11.3 Å². The van der Waals surface area contributed by atoms with Gasteiger partial charge in [-0.05, 0) is 36.8 Å². The molecular formula is C21H18N2O3. The van der Waals surface area contributed by atoms with Gasteiger partial charge in [-0.3, -0.25) is 14.4 Å². The van der Waals surface area contributed by atoms with E-state index < -0.39 is 11.7 Å². The summed E-state index contributed by atoms with van der Waals surface area (Å²) in [7, 11) is 0. The minimum Gasteiger partial charge on any atom is -0.340 e. The van der Waals surface area contributed by atoms with Crippen LogP contribution in [0.25, 0.3) is 0 Å². The molecule has 3 aromatic rings. The van der Waals surface area contributed by atoms with E-state index in [9.17, 15) is 14.4 Å². The van der Waals surface area contributed by atoms with Crippen LogP contribution in [0.2, 0.25) is 0 Å². The molecule has 5 heteroatoms. The van der Waals surface area contributed by atoms with Crippen molar-refractivity contribution in [1.82, 2.24) is 4.57 Å². The van der Waals surface area contributed by atoms with Crippen molar-refractivity contribution in [3.05, 3.63) is 89.7 Å². The summed E-state index contributed by atoms with van der Waals surface area (Å²) in [5.74, 6) is -1.47. The number of nitrogens with zero attached hydrogens (tertiary/aromatic N) is 1. The first-order chi connectivity index (χ1) is 12.5. The number of Topliss-reactive ketones (excluding diaryl/α,β-unsaturated/α-hetero) is 2. The Morgan fingerprint density at radius 2 is 1.69 bits per heavy atom. The number of rotatable bonds is 6. The Balaban J connectivity index is 1.75. The van der Waals surface area contributed by atoms with Crippen molar-refractivity contribution in [2.24, 2.45) is 0 Å². The number of anilines is 1. The number of hydrogen-bond donors (Lipinski definition) is 1. The lowest BCUT2D eigenvalue weighted by Gasteiger charge is -2.09. The van der Waals surface area contributed by atoms with Crippen molar-refractivity contribution in [3.8, 4) is 0 Å². The Kier molecular flexibility index (Phi) is 5.08. The zero-order chi connectivity index (χ0) is 18.5. The molecule has 0 bridgehead atoms. The first-order valence-corrected chi connectivity index (χ1v) is 8.20. The van der Waals surface area contributed by atoms with E-state index in [-0.39, 0.29) is 5.78 Å². The summed E-state index contributed by atoms with van der Waals surface area (Å²) >= 11 is 0. The van der Waals surface area contributed by atoms with E-state index in [1.54, 1.807) is 47.2 Å². The largest absolute Gasteiger partial charge is 0.340 e. The summed E-state index contributed by atoms with van der Waals surface area (Å²) in [4.78, 5) is 36.3. The summed E-state index contributed by atoms with van der Waals surface area (Å²) in [6.45, 7) is 1.95. The average molecular weight is 346 g/mol. The van der Waals surface area contributed by atoms with Gasteiger partial charge in [-0.1, -0.05) is 42.5 Å². The maximum atomic E-state index is 12.5. The van der Waals surface area contributed by atoms with Gasteiger partial charge in [0.2, 0.25) is 0 Å². The van der Waals surface area contributed by atoms with E-state index in [4.69, 9.17) is 0 Å². The smallest absolute Gasteiger partial charge is 0.298 e. The van der Waals surface area contributed by atoms with Crippen molar-refractivity contribution in [2.75, 3.05) is 5.32 Å². The maximum absolute atomic E-state index is 12.5. The zero-order valence-electron chi connectivity index (χ0n) is 14.3. The molecule has 0 unspecified atom stereocenters. The number of carbonyl (C=O) groups excluding carboxylic acids is 3. The summed E-state index contributed by atoms with van der Waals surface area (Å²) in [5.41, 5.74) is 2.24. The second kappa shape index (κ2) is 7.61. The second-order valence-electron chi connectivity index (χ2n) is 5.93. The van der Waals surface area contributed by atoms with E-state index in [0.717, 1.165) is 5.56 Å². The van der Waals surface area contributed by atoms with Gasteiger partial charge in [-0.15, -0.1) is 0 Å². The molecule has 0 aliphatic heterocycles. The SMILES string of the molecule is CC(=O)c1cccc(NC(=O)C(=O)c2cccn2Cc2ccccc2)c1. The molecule has 1 heterocycles. The quantitative estimate of drug-likeness (QED) is 0.548. The van der Waals surface area contributed by atoms with E-state index in [0.29, 0.717) is 23.5 Å². The molecule has 0 aliphatic rings. The predicted molar refractivity (Wildman–Crippen MR) is 99.4 cm³/mol. The van der Waals surface area contributed by atoms with Gasteiger partial charge in [-0.2, -0.15) is 0 Å². The Morgan fingerprint density at radius 1 is 0.923 bits per heavy atom. The standard InChI is InChI=1S/C21H18N2O3/c1-15(24)17-9-5-10-18(13-17)22-21(26)20(25)19-11-6-12-23(19)14-16-7-3-2-4-8-16/h2-13H,14H2,1H3,(H,22,26). The van der Waals surface area contributed by atoms with Crippen LogP contribution < -0.4 is 5.32 Å². The minimum atomic E-state index is -0.737. The number of hydrogen-bond acceptors (Lipinski definition) is 3. The molecule has 1 N–H and O–H groups in total. The first kappa shape index (κ1) is 17.4. The van der Waals surface area contributed by atoms with E-state index >= 15 is 0 Å². The molecule has 0 fully saturated rings. The average Bonchev–Trinajstić information content (AvgIpc) is 3.10. The Bertz CT molecular complexity index is 958. The van der Waals surface area contributed by atoms with E-state index in [1.807, 2.05) is 30.3 Å². The molecule has 0 spiro atoms. The lowest BCUT2D eigenvalue weighted by atomic mass is 10.1. The van der Waals surface area contributed by atoms with Crippen LogP contribution in [0, 0.1) is 0 Å². The van der Waals surface area contributed by atoms with Crippen molar-refractivity contribution in [1.29, 1.82) is 0 Å². The molecule has 0 radical (unpaired) electrons. The highest BCUT2D eigenvalue weighted by molar-refractivity contribution is 6.46. The van der Waals surface area contributed by atoms with Gasteiger partial charge >= 0.3 is 0 Å². The molecule has 3 rings (SSSR count). The number of aromatic nitrogens is 1. The van der Waals surface area contributed by atoms with Crippen LogP contribution >= 0.6 is 0 Å². The van der Waals surface area contributed by atoms with Crippen LogP contribution in [-0.4, -0.2) is 22.0 Å². The fraction of sp³-hybridized carbons (Fsp3) is 0.0952. The first-order valence-electron chi connectivity index (χ1n) is 8.20. The molecule has 1 amide bonds. The third-order valence-electron chi connectivity index (χ3n) is 3.99. The van der Waals surface area contributed by atoms with Crippen LogP contribution in [0.4, 0.5) is 5.69 Å². The fourth-order valence-electron chi connectivity index (χ4n) is 2.66. The third kappa shape index (κ3) is 3.95. The molecule has 5 nitrogen and oxygen atoms in total. The van der Waals surface area contributed by atoms with E-state index in [2.05, 4.69) is 5.32 Å². The molecule has 130 valence electrons. The molecule has 0 atom stereocenters. The number of nitrogens with one attached hydrogen (secondary N) is 1. The van der Waals surface area contributed by atoms with Crippen molar-refractivity contribution >= 4 is 23.2 Å². The maximum Gasteiger partial charge on any atom is 0.298 e. The van der Waals surface area contributed by atoms with Gasteiger partial charge < -0.3 is 9.88 Å². The highest BCUT2D eigenvalue weighted by atomic mass is 16.2. The summed E-state index contributed by atoms with van der Waals surface area (Å²) in [6.07, 6.45) is 1.77. The van der Waals surface area contributed by atoms with Crippen LogP contribution in [0.5, 0.6) is 0 Å². The topological polar surface area (TPSA) is 68.2 Å². The Hall–Kier alpha value is -3.47. The van der Waals surface area contributed by atoms with Gasteiger partial charge in [0.05, 0.1) is 5.69 Å². The highest BCUT2D eigenvalue weighted by Gasteiger charge is 2.20. The van der Waals surface area contributed by atoms with Gasteiger partial charge in [0, 0.05) is 24.0 Å². The number of benzene rings is 2.